The van der Waals surface area contributed by atoms with Crippen molar-refractivity contribution in [2.24, 2.45) is 11.1 Å². The molecule has 0 aromatic rings. The van der Waals surface area contributed by atoms with Gasteiger partial charge in [-0.2, -0.15) is 0 Å². The number of nitrogens with one attached hydrogen (secondary N) is 1. The van der Waals surface area contributed by atoms with Crippen LogP contribution < -0.4 is 11.1 Å². The van der Waals surface area contributed by atoms with Gasteiger partial charge in [0.25, 0.3) is 0 Å². The molecule has 1 amide bonds. The largest absolute Gasteiger partial charge is 0.383 e. The van der Waals surface area contributed by atoms with E-state index in [-0.39, 0.29) is 17.4 Å². The lowest BCUT2D eigenvalue weighted by Gasteiger charge is -2.57. The van der Waals surface area contributed by atoms with E-state index in [1.165, 1.54) is 0 Å². The van der Waals surface area contributed by atoms with Crippen molar-refractivity contribution in [2.75, 3.05) is 47.0 Å². The molecule has 1 fully saturated rings. The number of ether oxygens (including phenoxy) is 2. The lowest BCUT2D eigenvalue weighted by atomic mass is 9.54. The maximum Gasteiger partial charge on any atom is 0.240 e. The SMILES string of the molecule is CCOC1CC(N)(C(=O)NCCCN(C)CCOC)C1(C)C. The summed E-state index contributed by atoms with van der Waals surface area (Å²) in [4.78, 5) is 14.6. The van der Waals surface area contributed by atoms with E-state index in [9.17, 15) is 4.79 Å². The summed E-state index contributed by atoms with van der Waals surface area (Å²) in [6.07, 6.45) is 1.55. The molecule has 1 aliphatic carbocycles. The summed E-state index contributed by atoms with van der Waals surface area (Å²) < 4.78 is 10.7. The van der Waals surface area contributed by atoms with E-state index in [2.05, 4.69) is 10.2 Å². The van der Waals surface area contributed by atoms with Gasteiger partial charge in [-0.25, -0.2) is 0 Å². The van der Waals surface area contributed by atoms with Crippen molar-refractivity contribution in [2.45, 2.75) is 45.3 Å². The van der Waals surface area contributed by atoms with Crippen molar-refractivity contribution >= 4 is 5.91 Å². The molecule has 0 bridgehead atoms. The monoisotopic (exact) mass is 315 g/mol. The fraction of sp³-hybridized carbons (Fsp3) is 0.938. The Bertz CT molecular complexity index is 363. The Morgan fingerprint density at radius 1 is 1.41 bits per heavy atom. The van der Waals surface area contributed by atoms with Gasteiger partial charge in [0.15, 0.2) is 0 Å². The molecule has 2 atom stereocenters. The van der Waals surface area contributed by atoms with E-state index >= 15 is 0 Å². The first-order valence-corrected chi connectivity index (χ1v) is 8.15. The van der Waals surface area contributed by atoms with Gasteiger partial charge in [-0.05, 0) is 26.9 Å². The third-order valence-electron chi connectivity index (χ3n) is 4.91. The molecule has 0 saturated heterocycles. The first kappa shape index (κ1) is 19.4. The normalized spacial score (nSPS) is 26.8. The van der Waals surface area contributed by atoms with Crippen LogP contribution in [-0.2, 0) is 14.3 Å². The number of nitrogens with zero attached hydrogens (tertiary/aromatic N) is 1. The summed E-state index contributed by atoms with van der Waals surface area (Å²) in [5, 5.41) is 2.98. The lowest BCUT2D eigenvalue weighted by molar-refractivity contribution is -0.170. The summed E-state index contributed by atoms with van der Waals surface area (Å²) >= 11 is 0. The van der Waals surface area contributed by atoms with Gasteiger partial charge in [0.1, 0.15) is 5.54 Å². The number of nitrogens with two attached hydrogens (primary N) is 1. The molecule has 22 heavy (non-hydrogen) atoms. The summed E-state index contributed by atoms with van der Waals surface area (Å²) in [7, 11) is 3.75. The molecule has 0 aliphatic heterocycles. The Morgan fingerprint density at radius 3 is 2.64 bits per heavy atom. The second kappa shape index (κ2) is 8.24. The van der Waals surface area contributed by atoms with Crippen LogP contribution >= 0.6 is 0 Å². The molecule has 3 N–H and O–H groups in total. The van der Waals surface area contributed by atoms with Crippen LogP contribution in [0.2, 0.25) is 0 Å². The third-order valence-corrected chi connectivity index (χ3v) is 4.91. The molecule has 0 aromatic heterocycles. The Hall–Kier alpha value is -0.690. The average molecular weight is 315 g/mol. The minimum absolute atomic E-state index is 0.0620. The van der Waals surface area contributed by atoms with Gasteiger partial charge in [-0.15, -0.1) is 0 Å². The highest BCUT2D eigenvalue weighted by atomic mass is 16.5. The van der Waals surface area contributed by atoms with Gasteiger partial charge in [0.05, 0.1) is 12.7 Å². The predicted octanol–water partition coefficient (Wildman–Crippen LogP) is 0.603. The molecular formula is C16H33N3O3. The van der Waals surface area contributed by atoms with E-state index in [4.69, 9.17) is 15.2 Å². The fourth-order valence-electron chi connectivity index (χ4n) is 2.89. The Morgan fingerprint density at radius 2 is 2.09 bits per heavy atom. The van der Waals surface area contributed by atoms with Crippen molar-refractivity contribution < 1.29 is 14.3 Å². The van der Waals surface area contributed by atoms with Crippen molar-refractivity contribution in [1.29, 1.82) is 0 Å². The molecule has 130 valence electrons. The molecule has 1 rings (SSSR count). The molecule has 0 radical (unpaired) electrons. The molecule has 1 aliphatic rings. The number of carbonyl (C=O) groups excluding carboxylic acids is 1. The Labute approximate surface area is 134 Å². The van der Waals surface area contributed by atoms with Crippen LogP contribution in [0.25, 0.3) is 0 Å². The van der Waals surface area contributed by atoms with Gasteiger partial charge in [0, 0.05) is 38.6 Å². The summed E-state index contributed by atoms with van der Waals surface area (Å²) in [5.74, 6) is -0.0620. The smallest absolute Gasteiger partial charge is 0.240 e. The highest BCUT2D eigenvalue weighted by molar-refractivity contribution is 5.88. The minimum atomic E-state index is -0.825. The summed E-state index contributed by atoms with van der Waals surface area (Å²) in [5.41, 5.74) is 5.18. The molecule has 0 aromatic carbocycles. The van der Waals surface area contributed by atoms with Crippen LogP contribution in [0.5, 0.6) is 0 Å². The van der Waals surface area contributed by atoms with Crippen LogP contribution in [0.15, 0.2) is 0 Å². The zero-order valence-corrected chi connectivity index (χ0v) is 14.8. The molecule has 2 unspecified atom stereocenters. The first-order valence-electron chi connectivity index (χ1n) is 8.15. The van der Waals surface area contributed by atoms with Crippen molar-refractivity contribution in [3.8, 4) is 0 Å². The number of rotatable bonds is 10. The number of methoxy groups -OCH3 is 1. The number of hydrogen-bond donors (Lipinski definition) is 2. The highest BCUT2D eigenvalue weighted by Gasteiger charge is 2.62. The second-order valence-corrected chi connectivity index (χ2v) is 6.75. The van der Waals surface area contributed by atoms with E-state index in [0.29, 0.717) is 19.6 Å². The zero-order chi connectivity index (χ0) is 16.8. The Balaban J connectivity index is 2.31. The van der Waals surface area contributed by atoms with Gasteiger partial charge in [-0.1, -0.05) is 13.8 Å². The maximum absolute atomic E-state index is 12.4. The van der Waals surface area contributed by atoms with E-state index in [0.717, 1.165) is 26.1 Å². The molecule has 0 spiro atoms. The van der Waals surface area contributed by atoms with Gasteiger partial charge >= 0.3 is 0 Å². The minimum Gasteiger partial charge on any atom is -0.383 e. The molecule has 1 saturated carbocycles. The molecule has 0 heterocycles. The van der Waals surface area contributed by atoms with Crippen LogP contribution in [0.4, 0.5) is 0 Å². The van der Waals surface area contributed by atoms with Crippen molar-refractivity contribution in [1.82, 2.24) is 10.2 Å². The lowest BCUT2D eigenvalue weighted by Crippen LogP contribution is -2.75. The van der Waals surface area contributed by atoms with Crippen LogP contribution in [0, 0.1) is 5.41 Å². The number of carbonyl (C=O) groups is 1. The van der Waals surface area contributed by atoms with E-state index in [1.54, 1.807) is 7.11 Å². The third kappa shape index (κ3) is 4.19. The predicted molar refractivity (Wildman–Crippen MR) is 87.7 cm³/mol. The average Bonchev–Trinajstić information content (AvgIpc) is 2.48. The highest BCUT2D eigenvalue weighted by Crippen LogP contribution is 2.49. The van der Waals surface area contributed by atoms with Crippen molar-refractivity contribution in [3.05, 3.63) is 0 Å². The standard InChI is InChI=1S/C16H33N3O3/c1-6-22-13-12-16(17,15(13,2)3)14(20)18-8-7-9-19(4)10-11-21-5/h13H,6-12,17H2,1-5H3,(H,18,20). The van der Waals surface area contributed by atoms with Crippen LogP contribution in [0.3, 0.4) is 0 Å². The fourth-order valence-corrected chi connectivity index (χ4v) is 2.89. The summed E-state index contributed by atoms with van der Waals surface area (Å²) in [6.45, 7) is 9.82. The number of likely N-dealkylation sites (N-methyl/N-ethyl adjacent to an activating group) is 1. The maximum atomic E-state index is 12.4. The first-order chi connectivity index (χ1) is 10.3. The summed E-state index contributed by atoms with van der Waals surface area (Å²) in [6, 6.07) is 0. The second-order valence-electron chi connectivity index (χ2n) is 6.75. The molecule has 6 nitrogen and oxygen atoms in total. The molecule has 6 heteroatoms. The topological polar surface area (TPSA) is 76.8 Å². The van der Waals surface area contributed by atoms with E-state index in [1.807, 2.05) is 27.8 Å². The van der Waals surface area contributed by atoms with Crippen molar-refractivity contribution in [3.63, 3.8) is 0 Å². The number of hydrogen-bond acceptors (Lipinski definition) is 5. The van der Waals surface area contributed by atoms with Gasteiger partial charge in [-0.3, -0.25) is 4.79 Å². The zero-order valence-electron chi connectivity index (χ0n) is 14.8. The number of amides is 1. The quantitative estimate of drug-likeness (QED) is 0.578. The van der Waals surface area contributed by atoms with Crippen LogP contribution in [-0.4, -0.2) is 69.5 Å². The van der Waals surface area contributed by atoms with E-state index < -0.39 is 5.54 Å². The Kier molecular flexibility index (Phi) is 7.25. The van der Waals surface area contributed by atoms with Gasteiger partial charge < -0.3 is 25.4 Å². The van der Waals surface area contributed by atoms with Gasteiger partial charge in [0.2, 0.25) is 5.91 Å². The van der Waals surface area contributed by atoms with Crippen LogP contribution in [0.1, 0.15) is 33.6 Å². The molecular weight excluding hydrogens is 282 g/mol.